The lowest BCUT2D eigenvalue weighted by Gasteiger charge is -2.09. The number of rotatable bonds is 4. The highest BCUT2D eigenvalue weighted by Crippen LogP contribution is 2.28. The molecule has 0 aliphatic rings. The molecular weight excluding hydrogens is 372 g/mol. The standard InChI is InChI=1S/C13H7BrClF2NO3/c14-8-4-10(16)13(17)12(5-8)21-6-7-3-9(15)1-2-11(7)18(19)20/h1-5H,6H2. The number of nitro benzene ring substituents is 1. The summed E-state index contributed by atoms with van der Waals surface area (Å²) in [6, 6.07) is 6.10. The fraction of sp³-hybridized carbons (Fsp3) is 0.0769. The van der Waals surface area contributed by atoms with Gasteiger partial charge in [-0.05, 0) is 24.3 Å². The lowest BCUT2D eigenvalue weighted by Crippen LogP contribution is -2.02. The molecule has 0 aliphatic heterocycles. The van der Waals surface area contributed by atoms with E-state index in [1.165, 1.54) is 24.3 Å². The van der Waals surface area contributed by atoms with Crippen LogP contribution in [0.1, 0.15) is 5.56 Å². The summed E-state index contributed by atoms with van der Waals surface area (Å²) in [5.74, 6) is -2.60. The Labute approximate surface area is 131 Å². The van der Waals surface area contributed by atoms with Crippen molar-refractivity contribution in [3.05, 3.63) is 67.1 Å². The molecule has 0 fully saturated rings. The largest absolute Gasteiger partial charge is 0.485 e. The van der Waals surface area contributed by atoms with Crippen LogP contribution in [0.3, 0.4) is 0 Å². The Morgan fingerprint density at radius 2 is 2.00 bits per heavy atom. The van der Waals surface area contributed by atoms with Crippen molar-refractivity contribution in [1.29, 1.82) is 0 Å². The summed E-state index contributed by atoms with van der Waals surface area (Å²) in [4.78, 5) is 10.3. The topological polar surface area (TPSA) is 52.4 Å². The first-order valence-corrected chi connectivity index (χ1v) is 6.75. The zero-order valence-corrected chi connectivity index (χ0v) is 12.6. The summed E-state index contributed by atoms with van der Waals surface area (Å²) in [6.07, 6.45) is 0. The second kappa shape index (κ2) is 6.36. The van der Waals surface area contributed by atoms with E-state index in [2.05, 4.69) is 15.9 Å². The summed E-state index contributed by atoms with van der Waals surface area (Å²) in [7, 11) is 0. The second-order valence-electron chi connectivity index (χ2n) is 4.02. The lowest BCUT2D eigenvalue weighted by molar-refractivity contribution is -0.385. The van der Waals surface area contributed by atoms with Crippen molar-refractivity contribution in [2.45, 2.75) is 6.61 Å². The minimum atomic E-state index is -1.16. The van der Waals surface area contributed by atoms with Gasteiger partial charge in [0.25, 0.3) is 5.69 Å². The highest BCUT2D eigenvalue weighted by Gasteiger charge is 2.17. The molecule has 0 saturated heterocycles. The van der Waals surface area contributed by atoms with E-state index in [1.807, 2.05) is 0 Å². The van der Waals surface area contributed by atoms with Crippen LogP contribution in [-0.4, -0.2) is 4.92 Å². The maximum Gasteiger partial charge on any atom is 0.276 e. The van der Waals surface area contributed by atoms with Gasteiger partial charge in [-0.2, -0.15) is 4.39 Å². The van der Waals surface area contributed by atoms with E-state index in [-0.39, 0.29) is 33.1 Å². The first-order valence-electron chi connectivity index (χ1n) is 5.58. The minimum Gasteiger partial charge on any atom is -0.485 e. The number of hydrogen-bond donors (Lipinski definition) is 0. The summed E-state index contributed by atoms with van der Waals surface area (Å²) in [5.41, 5.74) is -0.0532. The van der Waals surface area contributed by atoms with Crippen LogP contribution in [0.15, 0.2) is 34.8 Å². The Morgan fingerprint density at radius 1 is 1.29 bits per heavy atom. The first-order chi connectivity index (χ1) is 9.88. The van der Waals surface area contributed by atoms with Gasteiger partial charge in [-0.15, -0.1) is 0 Å². The molecule has 0 bridgehead atoms. The Balaban J connectivity index is 2.28. The van der Waals surface area contributed by atoms with Crippen LogP contribution in [0.25, 0.3) is 0 Å². The molecule has 0 aromatic heterocycles. The van der Waals surface area contributed by atoms with Crippen LogP contribution in [-0.2, 0) is 6.61 Å². The normalized spacial score (nSPS) is 10.5. The molecule has 0 unspecified atom stereocenters. The van der Waals surface area contributed by atoms with Gasteiger partial charge in [0.05, 0.1) is 10.5 Å². The molecule has 0 amide bonds. The third-order valence-corrected chi connectivity index (χ3v) is 3.27. The van der Waals surface area contributed by atoms with Crippen LogP contribution in [0, 0.1) is 21.7 Å². The minimum absolute atomic E-state index is 0.160. The monoisotopic (exact) mass is 377 g/mol. The van der Waals surface area contributed by atoms with Crippen LogP contribution in [0.4, 0.5) is 14.5 Å². The highest BCUT2D eigenvalue weighted by atomic mass is 79.9. The average molecular weight is 379 g/mol. The van der Waals surface area contributed by atoms with Crippen LogP contribution in [0.5, 0.6) is 5.75 Å². The van der Waals surface area contributed by atoms with Gasteiger partial charge in [0, 0.05) is 15.6 Å². The van der Waals surface area contributed by atoms with E-state index in [0.29, 0.717) is 0 Å². The number of benzene rings is 2. The highest BCUT2D eigenvalue weighted by molar-refractivity contribution is 9.10. The van der Waals surface area contributed by atoms with E-state index in [4.69, 9.17) is 16.3 Å². The maximum absolute atomic E-state index is 13.5. The summed E-state index contributed by atoms with van der Waals surface area (Å²) in [6.45, 7) is -0.316. The summed E-state index contributed by atoms with van der Waals surface area (Å²) < 4.78 is 32.2. The van der Waals surface area contributed by atoms with Crippen molar-refractivity contribution >= 4 is 33.2 Å². The van der Waals surface area contributed by atoms with Gasteiger partial charge in [-0.3, -0.25) is 10.1 Å². The molecule has 4 nitrogen and oxygen atoms in total. The quantitative estimate of drug-likeness (QED) is 0.433. The van der Waals surface area contributed by atoms with E-state index in [9.17, 15) is 18.9 Å². The summed E-state index contributed by atoms with van der Waals surface area (Å²) in [5, 5.41) is 11.2. The number of nitro groups is 1. The summed E-state index contributed by atoms with van der Waals surface area (Å²) >= 11 is 8.77. The van der Waals surface area contributed by atoms with Gasteiger partial charge in [0.15, 0.2) is 11.6 Å². The van der Waals surface area contributed by atoms with Crippen LogP contribution >= 0.6 is 27.5 Å². The van der Waals surface area contributed by atoms with Crippen molar-refractivity contribution < 1.29 is 18.4 Å². The van der Waals surface area contributed by atoms with E-state index >= 15 is 0 Å². The number of ether oxygens (including phenoxy) is 1. The van der Waals surface area contributed by atoms with Gasteiger partial charge in [-0.25, -0.2) is 4.39 Å². The molecule has 0 N–H and O–H groups in total. The zero-order valence-electron chi connectivity index (χ0n) is 10.3. The molecule has 8 heteroatoms. The smallest absolute Gasteiger partial charge is 0.276 e. The molecule has 0 spiro atoms. The fourth-order valence-corrected chi connectivity index (χ4v) is 2.24. The zero-order chi connectivity index (χ0) is 15.6. The van der Waals surface area contributed by atoms with Crippen molar-refractivity contribution in [3.63, 3.8) is 0 Å². The molecule has 110 valence electrons. The maximum atomic E-state index is 13.5. The van der Waals surface area contributed by atoms with Crippen molar-refractivity contribution in [2.75, 3.05) is 0 Å². The Bertz CT molecular complexity index is 712. The molecule has 0 atom stereocenters. The Morgan fingerprint density at radius 3 is 2.67 bits per heavy atom. The number of halogens is 4. The average Bonchev–Trinajstić information content (AvgIpc) is 2.40. The number of nitrogens with zero attached hydrogens (tertiary/aromatic N) is 1. The van der Waals surface area contributed by atoms with E-state index in [1.54, 1.807) is 0 Å². The van der Waals surface area contributed by atoms with Crippen molar-refractivity contribution in [1.82, 2.24) is 0 Å². The van der Waals surface area contributed by atoms with Gasteiger partial charge in [0.2, 0.25) is 5.82 Å². The molecule has 2 aromatic carbocycles. The fourth-order valence-electron chi connectivity index (χ4n) is 1.64. The first kappa shape index (κ1) is 15.7. The SMILES string of the molecule is O=[N+]([O-])c1ccc(Cl)cc1COc1cc(Br)cc(F)c1F. The third-order valence-electron chi connectivity index (χ3n) is 2.58. The van der Waals surface area contributed by atoms with Crippen molar-refractivity contribution in [3.8, 4) is 5.75 Å². The second-order valence-corrected chi connectivity index (χ2v) is 5.37. The van der Waals surface area contributed by atoms with Crippen molar-refractivity contribution in [2.24, 2.45) is 0 Å². The van der Waals surface area contributed by atoms with Gasteiger partial charge >= 0.3 is 0 Å². The molecule has 21 heavy (non-hydrogen) atoms. The lowest BCUT2D eigenvalue weighted by atomic mass is 10.2. The third kappa shape index (κ3) is 3.68. The van der Waals surface area contributed by atoms with Crippen LogP contribution in [0.2, 0.25) is 5.02 Å². The Kier molecular flexibility index (Phi) is 4.74. The molecule has 2 aromatic rings. The molecule has 0 radical (unpaired) electrons. The number of hydrogen-bond acceptors (Lipinski definition) is 3. The predicted octanol–water partition coefficient (Wildman–Crippen LogP) is 4.87. The Hall–Kier alpha value is -1.73. The molecular formula is C13H7BrClF2NO3. The molecule has 0 heterocycles. The predicted molar refractivity (Wildman–Crippen MR) is 76.5 cm³/mol. The van der Waals surface area contributed by atoms with E-state index < -0.39 is 16.6 Å². The molecule has 2 rings (SSSR count). The van der Waals surface area contributed by atoms with Gasteiger partial charge in [0.1, 0.15) is 6.61 Å². The van der Waals surface area contributed by atoms with Gasteiger partial charge in [-0.1, -0.05) is 27.5 Å². The molecule has 0 aliphatic carbocycles. The van der Waals surface area contributed by atoms with Crippen LogP contribution < -0.4 is 4.74 Å². The van der Waals surface area contributed by atoms with Gasteiger partial charge < -0.3 is 4.74 Å². The molecule has 0 saturated carbocycles. The van der Waals surface area contributed by atoms with E-state index in [0.717, 1.165) is 6.07 Å².